The molecule has 1 amide bonds. The highest BCUT2D eigenvalue weighted by atomic mass is 79.9. The van der Waals surface area contributed by atoms with E-state index in [2.05, 4.69) is 26.6 Å². The van der Waals surface area contributed by atoms with E-state index in [0.29, 0.717) is 20.9 Å². The normalized spacial score (nSPS) is 13.5. The number of nitrogens with one attached hydrogen (secondary N) is 2. The zero-order chi connectivity index (χ0) is 27.7. The molecule has 1 aliphatic heterocycles. The van der Waals surface area contributed by atoms with Gasteiger partial charge in [-0.05, 0) is 48.6 Å². The van der Waals surface area contributed by atoms with Crippen LogP contribution in [-0.4, -0.2) is 37.2 Å². The van der Waals surface area contributed by atoms with Gasteiger partial charge in [-0.25, -0.2) is 22.0 Å². The molecule has 38 heavy (non-hydrogen) atoms. The van der Waals surface area contributed by atoms with E-state index in [4.69, 9.17) is 35.4 Å². The molecule has 1 aliphatic rings. The first-order valence-corrected chi connectivity index (χ1v) is 12.8. The summed E-state index contributed by atoms with van der Waals surface area (Å²) in [5.41, 5.74) is 0.338. The van der Waals surface area contributed by atoms with E-state index in [1.807, 2.05) is 4.90 Å². The molecule has 0 saturated carbocycles. The molecule has 1 saturated heterocycles. The van der Waals surface area contributed by atoms with Gasteiger partial charge in [0.2, 0.25) is 5.82 Å². The Bertz CT molecular complexity index is 1410. The number of benzene rings is 3. The Morgan fingerprint density at radius 3 is 2.00 bits per heavy atom. The molecule has 200 valence electrons. The van der Waals surface area contributed by atoms with Crippen molar-refractivity contribution in [2.45, 2.75) is 0 Å². The average molecular weight is 654 g/mol. The first kappa shape index (κ1) is 28.3. The minimum atomic E-state index is -2.20. The Morgan fingerprint density at radius 1 is 0.816 bits per heavy atom. The lowest BCUT2D eigenvalue weighted by molar-refractivity contribution is 0.0978. The smallest absolute Gasteiger partial charge is 0.258 e. The number of hydrogen-bond acceptors (Lipinski definition) is 4. The first-order valence-electron chi connectivity index (χ1n) is 10.9. The Labute approximate surface area is 237 Å². The number of amides is 1. The van der Waals surface area contributed by atoms with Crippen LogP contribution in [-0.2, 0) is 0 Å². The lowest BCUT2D eigenvalue weighted by atomic mass is 10.2. The number of anilines is 3. The van der Waals surface area contributed by atoms with Crippen LogP contribution < -0.4 is 20.4 Å². The van der Waals surface area contributed by atoms with E-state index in [-0.39, 0.29) is 41.9 Å². The van der Waals surface area contributed by atoms with Crippen molar-refractivity contribution in [2.24, 2.45) is 0 Å². The van der Waals surface area contributed by atoms with Gasteiger partial charge in [-0.15, -0.1) is 0 Å². The van der Waals surface area contributed by atoms with Crippen LogP contribution in [0.2, 0.25) is 10.0 Å². The van der Waals surface area contributed by atoms with Crippen LogP contribution in [0.1, 0.15) is 10.4 Å². The summed E-state index contributed by atoms with van der Waals surface area (Å²) in [5, 5.41) is 5.95. The molecule has 0 unspecified atom stereocenters. The summed E-state index contributed by atoms with van der Waals surface area (Å²) in [7, 11) is 0. The van der Waals surface area contributed by atoms with Crippen LogP contribution in [0.3, 0.4) is 0 Å². The van der Waals surface area contributed by atoms with Gasteiger partial charge in [0.05, 0.1) is 21.3 Å². The first-order chi connectivity index (χ1) is 18.0. The van der Waals surface area contributed by atoms with Crippen molar-refractivity contribution in [2.75, 3.05) is 41.3 Å². The molecule has 2 N–H and O–H groups in total. The zero-order valence-corrected chi connectivity index (χ0v) is 22.9. The molecule has 1 fully saturated rings. The summed E-state index contributed by atoms with van der Waals surface area (Å²) in [6.45, 7) is 0.383. The second-order valence-electron chi connectivity index (χ2n) is 8.09. The molecule has 0 atom stereocenters. The summed E-state index contributed by atoms with van der Waals surface area (Å²) in [4.78, 5) is 15.4. The molecule has 0 aliphatic carbocycles. The Kier molecular flexibility index (Phi) is 8.65. The summed E-state index contributed by atoms with van der Waals surface area (Å²) in [6.07, 6.45) is 0. The van der Waals surface area contributed by atoms with Crippen molar-refractivity contribution in [1.29, 1.82) is 0 Å². The van der Waals surface area contributed by atoms with Crippen LogP contribution in [0.25, 0.3) is 0 Å². The minimum Gasteiger partial charge on any atom is -0.367 e. The number of carbonyl (C=O) groups is 1. The number of thiocarbonyl (C=S) groups is 1. The van der Waals surface area contributed by atoms with E-state index < -0.39 is 40.7 Å². The third-order valence-corrected chi connectivity index (χ3v) is 7.06. The van der Waals surface area contributed by atoms with E-state index in [1.165, 1.54) is 0 Å². The van der Waals surface area contributed by atoms with Crippen molar-refractivity contribution in [3.05, 3.63) is 85.6 Å². The summed E-state index contributed by atoms with van der Waals surface area (Å²) >= 11 is 21.0. The number of rotatable bonds is 4. The highest BCUT2D eigenvalue weighted by molar-refractivity contribution is 9.10. The Morgan fingerprint density at radius 2 is 1.39 bits per heavy atom. The fourth-order valence-corrected chi connectivity index (χ4v) is 4.96. The van der Waals surface area contributed by atoms with Crippen LogP contribution in [0.15, 0.2) is 40.9 Å². The van der Waals surface area contributed by atoms with Crippen molar-refractivity contribution in [3.63, 3.8) is 0 Å². The number of carbonyl (C=O) groups excluding carboxylic acids is 1. The largest absolute Gasteiger partial charge is 0.367 e. The van der Waals surface area contributed by atoms with Gasteiger partial charge >= 0.3 is 0 Å². The van der Waals surface area contributed by atoms with Crippen molar-refractivity contribution in [3.8, 4) is 0 Å². The molecule has 3 aromatic rings. The molecule has 0 spiro atoms. The Balaban J connectivity index is 1.40. The molecule has 1 heterocycles. The lowest BCUT2D eigenvalue weighted by Gasteiger charge is -2.38. The molecule has 0 radical (unpaired) electrons. The van der Waals surface area contributed by atoms with Crippen LogP contribution >= 0.6 is 51.3 Å². The van der Waals surface area contributed by atoms with Gasteiger partial charge in [0, 0.05) is 36.3 Å². The molecule has 3 aromatic carbocycles. The summed E-state index contributed by atoms with van der Waals surface area (Å²) in [6, 6.07) is 9.71. The van der Waals surface area contributed by atoms with Gasteiger partial charge < -0.3 is 15.1 Å². The predicted molar refractivity (Wildman–Crippen MR) is 145 cm³/mol. The van der Waals surface area contributed by atoms with E-state index in [1.54, 1.807) is 36.4 Å². The van der Waals surface area contributed by atoms with Gasteiger partial charge in [0.15, 0.2) is 28.4 Å². The fourth-order valence-electron chi connectivity index (χ4n) is 3.89. The molecule has 14 heteroatoms. The van der Waals surface area contributed by atoms with Crippen molar-refractivity contribution in [1.82, 2.24) is 5.32 Å². The van der Waals surface area contributed by atoms with Gasteiger partial charge in [-0.1, -0.05) is 39.1 Å². The van der Waals surface area contributed by atoms with Crippen molar-refractivity contribution < 1.29 is 26.7 Å². The standard InChI is InChI=1S/C24H16BrCl2F5N4OS/c25-11-1-3-14(26)13(9-11)23(37)34-24(38)33-12-2-4-16(15(27)10-12)35-5-7-36(8-6-35)22-20(31)18(29)17(28)19(30)21(22)32/h1-4,9-10H,5-8H2,(H2,33,34,37,38). The van der Waals surface area contributed by atoms with Crippen LogP contribution in [0, 0.1) is 29.1 Å². The third-order valence-electron chi connectivity index (χ3n) is 5.73. The van der Waals surface area contributed by atoms with E-state index >= 15 is 0 Å². The van der Waals surface area contributed by atoms with Gasteiger partial charge in [0.1, 0.15) is 5.69 Å². The summed E-state index contributed by atoms with van der Waals surface area (Å²) in [5.74, 6) is -10.4. The molecular weight excluding hydrogens is 638 g/mol. The van der Waals surface area contributed by atoms with Gasteiger partial charge in [-0.3, -0.25) is 10.1 Å². The SMILES string of the molecule is O=C(NC(=S)Nc1ccc(N2CCN(c3c(F)c(F)c(F)c(F)c3F)CC2)c(Cl)c1)c1cc(Br)ccc1Cl. The third kappa shape index (κ3) is 5.83. The average Bonchev–Trinajstić information content (AvgIpc) is 2.88. The molecule has 5 nitrogen and oxygen atoms in total. The van der Waals surface area contributed by atoms with Gasteiger partial charge in [0.25, 0.3) is 5.91 Å². The van der Waals surface area contributed by atoms with Crippen LogP contribution in [0.5, 0.6) is 0 Å². The second kappa shape index (κ2) is 11.6. The second-order valence-corrected chi connectivity index (χ2v) is 10.2. The number of hydrogen-bond donors (Lipinski definition) is 2. The highest BCUT2D eigenvalue weighted by Gasteiger charge is 2.31. The lowest BCUT2D eigenvalue weighted by Crippen LogP contribution is -2.47. The van der Waals surface area contributed by atoms with E-state index in [0.717, 1.165) is 4.90 Å². The summed E-state index contributed by atoms with van der Waals surface area (Å²) < 4.78 is 69.6. The maximum atomic E-state index is 14.2. The minimum absolute atomic E-state index is 0.00582. The van der Waals surface area contributed by atoms with Crippen molar-refractivity contribution >= 4 is 79.4 Å². The molecule has 0 bridgehead atoms. The highest BCUT2D eigenvalue weighted by Crippen LogP contribution is 2.33. The zero-order valence-electron chi connectivity index (χ0n) is 19.0. The molecular formula is C24H16BrCl2F5N4OS. The fraction of sp³-hybridized carbons (Fsp3) is 0.167. The maximum Gasteiger partial charge on any atom is 0.258 e. The topological polar surface area (TPSA) is 47.6 Å². The number of nitrogens with zero attached hydrogens (tertiary/aromatic N) is 2. The predicted octanol–water partition coefficient (Wildman–Crippen LogP) is 6.90. The number of halogens is 8. The maximum absolute atomic E-state index is 14.2. The monoisotopic (exact) mass is 652 g/mol. The van der Waals surface area contributed by atoms with Gasteiger partial charge in [-0.2, -0.15) is 0 Å². The van der Waals surface area contributed by atoms with E-state index in [9.17, 15) is 26.7 Å². The Hall–Kier alpha value is -2.67. The number of piperazine rings is 1. The van der Waals surface area contributed by atoms with Crippen LogP contribution in [0.4, 0.5) is 39.0 Å². The quantitative estimate of drug-likeness (QED) is 0.139. The molecule has 0 aromatic heterocycles. The molecule has 4 rings (SSSR count).